The largest absolute Gasteiger partial charge is 0.344 e. The molecule has 2 heterocycles. The van der Waals surface area contributed by atoms with Gasteiger partial charge in [0.05, 0.1) is 24.7 Å². The first-order chi connectivity index (χ1) is 42.5. The highest BCUT2D eigenvalue weighted by Crippen LogP contribution is 2.36. The molecule has 4 aromatic carbocycles. The van der Waals surface area contributed by atoms with E-state index in [9.17, 15) is 38.4 Å². The number of carbonyl (C=O) groups excluding carboxylic acids is 8. The Bertz CT molecular complexity index is 2750. The third kappa shape index (κ3) is 18.5. The summed E-state index contributed by atoms with van der Waals surface area (Å²) < 4.78 is 0. The van der Waals surface area contributed by atoms with Crippen LogP contribution in [0.5, 0.6) is 0 Å². The summed E-state index contributed by atoms with van der Waals surface area (Å²) in [5.74, 6) is -1.90. The van der Waals surface area contributed by atoms with E-state index in [2.05, 4.69) is 16.0 Å². The summed E-state index contributed by atoms with van der Waals surface area (Å²) in [7, 11) is 1.75. The number of benzene rings is 4. The number of nitrogens with zero attached hydrogens (tertiary/aromatic N) is 4. The third-order valence-corrected chi connectivity index (χ3v) is 19.3. The van der Waals surface area contributed by atoms with E-state index in [1.807, 2.05) is 116 Å². The molecule has 8 rings (SSSR count). The number of nitrogens with one attached hydrogen (secondary N) is 3. The van der Waals surface area contributed by atoms with Crippen LogP contribution < -0.4 is 27.4 Å². The Morgan fingerprint density at radius 3 is 1.59 bits per heavy atom. The van der Waals surface area contributed by atoms with E-state index < -0.39 is 17.9 Å². The average molecular weight is 1200 g/mol. The van der Waals surface area contributed by atoms with Crippen molar-refractivity contribution < 1.29 is 38.4 Å². The summed E-state index contributed by atoms with van der Waals surface area (Å²) in [6.07, 6.45) is 12.9. The monoisotopic (exact) mass is 1200 g/mol. The zero-order chi connectivity index (χ0) is 62.7. The van der Waals surface area contributed by atoms with E-state index in [1.54, 1.807) is 41.1 Å². The zero-order valence-corrected chi connectivity index (χ0v) is 52.6. The maximum atomic E-state index is 14.7. The molecule has 0 unspecified atom stereocenters. The minimum Gasteiger partial charge on any atom is -0.344 e. The fourth-order valence-corrected chi connectivity index (χ4v) is 13.6. The number of Topliss-reactive ketones (excluding diaryl/α,β-unsaturated/α-hetero) is 2. The summed E-state index contributed by atoms with van der Waals surface area (Å²) in [4.78, 5) is 119. The summed E-state index contributed by atoms with van der Waals surface area (Å²) in [5.41, 5.74) is 17.7. The van der Waals surface area contributed by atoms with Gasteiger partial charge in [0.15, 0.2) is 5.78 Å². The van der Waals surface area contributed by atoms with Crippen molar-refractivity contribution in [2.75, 3.05) is 52.9 Å². The predicted molar refractivity (Wildman–Crippen MR) is 344 cm³/mol. The van der Waals surface area contributed by atoms with E-state index in [0.29, 0.717) is 69.4 Å². The molecule has 0 aromatic heterocycles. The topological polar surface area (TPSA) is 238 Å². The van der Waals surface area contributed by atoms with E-state index in [0.717, 1.165) is 86.5 Å². The number of likely N-dealkylation sites (N-methyl/N-ethyl adjacent to an activating group) is 1. The second kappa shape index (κ2) is 32.9. The summed E-state index contributed by atoms with van der Waals surface area (Å²) in [6, 6.07) is 31.7. The van der Waals surface area contributed by atoms with Crippen molar-refractivity contribution in [1.29, 1.82) is 0 Å². The Hall–Kier alpha value is -7.08. The number of rotatable bonds is 29. The number of nitrogens with two attached hydrogens (primary N) is 2. The molecule has 2 saturated carbocycles. The quantitative estimate of drug-likeness (QED) is 0.0327. The van der Waals surface area contributed by atoms with Crippen LogP contribution in [0.4, 0.5) is 0 Å². The summed E-state index contributed by atoms with van der Waals surface area (Å²) in [5, 5.41) is 9.03. The van der Waals surface area contributed by atoms with E-state index in [-0.39, 0.29) is 128 Å². The Morgan fingerprint density at radius 1 is 0.591 bits per heavy atom. The Morgan fingerprint density at radius 2 is 1.08 bits per heavy atom. The predicted octanol–water partition coefficient (Wildman–Crippen LogP) is 7.92. The first-order valence-corrected chi connectivity index (χ1v) is 32.8. The molecule has 17 nitrogen and oxygen atoms in total. The van der Waals surface area contributed by atoms with Gasteiger partial charge >= 0.3 is 0 Å². The van der Waals surface area contributed by atoms with Crippen LogP contribution in [-0.4, -0.2) is 156 Å². The number of hydrogen-bond acceptors (Lipinski definition) is 11. The maximum Gasteiger partial charge on any atom is 0.251 e. The molecule has 4 aromatic rings. The lowest BCUT2D eigenvalue weighted by atomic mass is 9.76. The number of amides is 6. The molecule has 0 spiro atoms. The highest BCUT2D eigenvalue weighted by atomic mass is 16.2. The van der Waals surface area contributed by atoms with Crippen LogP contribution in [0, 0.1) is 23.7 Å². The van der Waals surface area contributed by atoms with E-state index in [1.165, 1.54) is 0 Å². The average Bonchev–Trinajstić information content (AvgIpc) is 4.20. The molecule has 4 fully saturated rings. The van der Waals surface area contributed by atoms with Crippen molar-refractivity contribution in [2.24, 2.45) is 35.1 Å². The lowest BCUT2D eigenvalue weighted by Crippen LogP contribution is -2.56. The van der Waals surface area contributed by atoms with Crippen LogP contribution in [0.25, 0.3) is 11.1 Å². The second-order valence-electron chi connectivity index (χ2n) is 25.6. The van der Waals surface area contributed by atoms with Crippen LogP contribution >= 0.6 is 0 Å². The Balaban J connectivity index is 0.876. The minimum absolute atomic E-state index is 0.0108. The standard InChI is InChI=1S/C71H97N9O8/c1-5-48(2)68(85)76-67(56-24-16-9-17-25-56)71(88)80-45-59(73)41-61(80)46-77(38-36-50-18-10-6-11-19-50)65(83)35-34-63(81)55-30-26-52(27-31-55)53-28-32-57(33-29-53)69(86)75-43-66(84)78(39-37-51-20-12-7-13-21-51)47-60-40-58(72)44-79(60)70(87)62(42-64(82)49(3)74-4)54-22-14-8-15-23-54/h6-7,10-13,18-21,26-33,48-49,54,56,58-62,67,74H,5,8-9,14-17,22-25,34-47,72-73H2,1-4H3,(H,75,86)(H,76,85)/t48-,49+,58+,59+,60+,61+,62+,67+/m1/s1. The third-order valence-electron chi connectivity index (χ3n) is 19.3. The lowest BCUT2D eigenvalue weighted by Gasteiger charge is -2.37. The molecular formula is C71H97N9O8. The van der Waals surface area contributed by atoms with Gasteiger partial charge in [-0.3, -0.25) is 38.4 Å². The highest BCUT2D eigenvalue weighted by molar-refractivity contribution is 5.99. The summed E-state index contributed by atoms with van der Waals surface area (Å²) >= 11 is 0. The van der Waals surface area contributed by atoms with Gasteiger partial charge < -0.3 is 47.0 Å². The van der Waals surface area contributed by atoms with Gasteiger partial charge in [-0.05, 0) is 118 Å². The minimum atomic E-state index is -0.652. The van der Waals surface area contributed by atoms with Crippen molar-refractivity contribution in [3.8, 4) is 11.1 Å². The van der Waals surface area contributed by atoms with Crippen molar-refractivity contribution in [3.63, 3.8) is 0 Å². The van der Waals surface area contributed by atoms with Gasteiger partial charge in [-0.2, -0.15) is 0 Å². The van der Waals surface area contributed by atoms with Gasteiger partial charge in [0, 0.05) is 93.6 Å². The van der Waals surface area contributed by atoms with Crippen LogP contribution in [0.1, 0.15) is 155 Å². The number of carbonyl (C=O) groups is 8. The molecule has 6 amide bonds. The molecule has 0 bridgehead atoms. The smallest absolute Gasteiger partial charge is 0.251 e. The zero-order valence-electron chi connectivity index (χ0n) is 52.6. The first kappa shape index (κ1) is 66.9. The van der Waals surface area contributed by atoms with Crippen LogP contribution in [-0.2, 0) is 41.6 Å². The molecule has 2 aliphatic heterocycles. The first-order valence-electron chi connectivity index (χ1n) is 32.8. The Labute approximate surface area is 521 Å². The van der Waals surface area contributed by atoms with Crippen molar-refractivity contribution in [1.82, 2.24) is 35.6 Å². The number of hydrogen-bond donors (Lipinski definition) is 5. The van der Waals surface area contributed by atoms with Gasteiger partial charge in [-0.1, -0.05) is 149 Å². The lowest BCUT2D eigenvalue weighted by molar-refractivity contribution is -0.143. The molecule has 2 saturated heterocycles. The van der Waals surface area contributed by atoms with Gasteiger partial charge in [-0.25, -0.2) is 0 Å². The molecule has 474 valence electrons. The van der Waals surface area contributed by atoms with Gasteiger partial charge in [-0.15, -0.1) is 0 Å². The van der Waals surface area contributed by atoms with Crippen molar-refractivity contribution in [2.45, 2.75) is 173 Å². The molecule has 2 aliphatic carbocycles. The van der Waals surface area contributed by atoms with Crippen LogP contribution in [0.2, 0.25) is 0 Å². The second-order valence-corrected chi connectivity index (χ2v) is 25.6. The highest BCUT2D eigenvalue weighted by Gasteiger charge is 2.44. The normalized spacial score (nSPS) is 20.3. The number of likely N-dealkylation sites (tertiary alicyclic amines) is 2. The Kier molecular flexibility index (Phi) is 25.0. The van der Waals surface area contributed by atoms with E-state index in [4.69, 9.17) is 11.5 Å². The molecule has 7 N–H and O–H groups in total. The summed E-state index contributed by atoms with van der Waals surface area (Å²) in [6.45, 7) is 7.38. The van der Waals surface area contributed by atoms with Crippen LogP contribution in [0.3, 0.4) is 0 Å². The van der Waals surface area contributed by atoms with Gasteiger partial charge in [0.25, 0.3) is 5.91 Å². The molecule has 88 heavy (non-hydrogen) atoms. The molecule has 8 atom stereocenters. The van der Waals surface area contributed by atoms with Crippen LogP contribution in [0.15, 0.2) is 109 Å². The fourth-order valence-electron chi connectivity index (χ4n) is 13.6. The van der Waals surface area contributed by atoms with E-state index >= 15 is 0 Å². The maximum absolute atomic E-state index is 14.7. The molecule has 4 aliphatic rings. The molecule has 17 heteroatoms. The van der Waals surface area contributed by atoms with Gasteiger partial charge in [0.1, 0.15) is 11.8 Å². The fraction of sp³-hybridized carbons (Fsp3) is 0.549. The SMILES string of the molecule is CC[C@@H](C)C(=O)N[C@H](C(=O)N1C[C@@H](N)C[C@H]1CN(CCc1ccccc1)C(=O)CCC(=O)c1ccc(-c2ccc(C(=O)NCC(=O)N(CCc3ccccc3)C[C@@H]3C[C@H](N)CN3C(=O)[C@@H](CC(=O)[C@H](C)NC)C3CCCCC3)cc2)cc1)C1CCCCC1. The molecule has 0 radical (unpaired) electrons. The molecular weight excluding hydrogens is 1110 g/mol. The van der Waals surface area contributed by atoms with Crippen molar-refractivity contribution in [3.05, 3.63) is 131 Å². The number of ketones is 2. The van der Waals surface area contributed by atoms with Gasteiger partial charge in [0.2, 0.25) is 29.5 Å². The van der Waals surface area contributed by atoms with Crippen molar-refractivity contribution >= 4 is 47.0 Å².